The highest BCUT2D eigenvalue weighted by molar-refractivity contribution is 5.71. The molecule has 1 atom stereocenters. The molecule has 26 heavy (non-hydrogen) atoms. The van der Waals surface area contributed by atoms with Gasteiger partial charge in [0.15, 0.2) is 0 Å². The van der Waals surface area contributed by atoms with Gasteiger partial charge in [-0.25, -0.2) is 0 Å². The molecule has 0 aromatic rings. The Labute approximate surface area is 160 Å². The van der Waals surface area contributed by atoms with E-state index < -0.39 is 12.1 Å². The van der Waals surface area contributed by atoms with Gasteiger partial charge in [0.2, 0.25) is 0 Å². The first-order chi connectivity index (χ1) is 12.6. The molecule has 1 N–H and O–H groups in total. The molecule has 0 spiro atoms. The first-order valence-corrected chi connectivity index (χ1v) is 10.7. The Hall–Kier alpha value is -1.32. The van der Waals surface area contributed by atoms with E-state index in [1.165, 1.54) is 32.1 Å². The van der Waals surface area contributed by atoms with Crippen LogP contribution in [0, 0.1) is 0 Å². The van der Waals surface area contributed by atoms with Crippen LogP contribution in [-0.4, -0.2) is 23.1 Å². The second kappa shape index (κ2) is 18.5. The molecule has 4 heteroatoms. The molecule has 0 saturated carbocycles. The molecule has 0 amide bonds. The van der Waals surface area contributed by atoms with Gasteiger partial charge < -0.3 is 9.84 Å². The van der Waals surface area contributed by atoms with Gasteiger partial charge in [0.25, 0.3) is 0 Å². The number of carboxylic acids is 1. The lowest BCUT2D eigenvalue weighted by atomic mass is 10.1. The minimum Gasteiger partial charge on any atom is -0.481 e. The summed E-state index contributed by atoms with van der Waals surface area (Å²) in [6.45, 7) is 4.32. The molecule has 0 aromatic heterocycles. The van der Waals surface area contributed by atoms with Gasteiger partial charge in [-0.15, -0.1) is 0 Å². The molecule has 0 rings (SSSR count). The minimum absolute atomic E-state index is 0.0848. The molecular weight excluding hydrogens is 328 g/mol. The van der Waals surface area contributed by atoms with E-state index in [2.05, 4.69) is 26.0 Å². The van der Waals surface area contributed by atoms with Crippen molar-refractivity contribution in [3.05, 3.63) is 12.2 Å². The second-order valence-electron chi connectivity index (χ2n) is 7.13. The van der Waals surface area contributed by atoms with Crippen LogP contribution in [-0.2, 0) is 14.3 Å². The summed E-state index contributed by atoms with van der Waals surface area (Å²) in [5, 5.41) is 8.93. The van der Waals surface area contributed by atoms with Crippen molar-refractivity contribution in [3.8, 4) is 0 Å². The number of unbranched alkanes of at least 4 members (excludes halogenated alkanes) is 9. The highest BCUT2D eigenvalue weighted by Gasteiger charge is 2.17. The summed E-state index contributed by atoms with van der Waals surface area (Å²) in [6, 6.07) is 0. The van der Waals surface area contributed by atoms with Crippen molar-refractivity contribution in [1.29, 1.82) is 0 Å². The maximum atomic E-state index is 11.9. The Morgan fingerprint density at radius 1 is 0.846 bits per heavy atom. The van der Waals surface area contributed by atoms with E-state index in [4.69, 9.17) is 9.84 Å². The zero-order valence-corrected chi connectivity index (χ0v) is 17.0. The summed E-state index contributed by atoms with van der Waals surface area (Å²) in [5.41, 5.74) is 0. The molecule has 0 saturated heterocycles. The fourth-order valence-electron chi connectivity index (χ4n) is 2.90. The summed E-state index contributed by atoms with van der Waals surface area (Å²) in [5.74, 6) is -1.15. The maximum absolute atomic E-state index is 11.9. The van der Waals surface area contributed by atoms with Gasteiger partial charge >= 0.3 is 11.9 Å². The van der Waals surface area contributed by atoms with Gasteiger partial charge in [0, 0.05) is 6.42 Å². The van der Waals surface area contributed by atoms with Crippen LogP contribution >= 0.6 is 0 Å². The maximum Gasteiger partial charge on any atom is 0.307 e. The molecule has 4 nitrogen and oxygen atoms in total. The number of carboxylic acid groups (broad SMARTS) is 1. The Balaban J connectivity index is 3.71. The minimum atomic E-state index is -0.902. The fraction of sp³-hybridized carbons (Fsp3) is 0.818. The van der Waals surface area contributed by atoms with Crippen LogP contribution in [0.4, 0.5) is 0 Å². The Morgan fingerprint density at radius 2 is 1.42 bits per heavy atom. The van der Waals surface area contributed by atoms with Gasteiger partial charge in [0.1, 0.15) is 6.10 Å². The zero-order valence-electron chi connectivity index (χ0n) is 17.0. The van der Waals surface area contributed by atoms with Crippen molar-refractivity contribution in [2.24, 2.45) is 0 Å². The number of rotatable bonds is 18. The number of aliphatic carboxylic acids is 1. The van der Waals surface area contributed by atoms with Crippen molar-refractivity contribution >= 4 is 11.9 Å². The molecule has 0 bridgehead atoms. The lowest BCUT2D eigenvalue weighted by Crippen LogP contribution is -2.21. The molecule has 152 valence electrons. The molecule has 0 aliphatic heterocycles. The molecular formula is C22H40O4. The topological polar surface area (TPSA) is 63.6 Å². The number of hydrogen-bond donors (Lipinski definition) is 1. The molecule has 0 aliphatic carbocycles. The highest BCUT2D eigenvalue weighted by Crippen LogP contribution is 2.13. The molecule has 0 fully saturated rings. The van der Waals surface area contributed by atoms with Crippen molar-refractivity contribution in [3.63, 3.8) is 0 Å². The summed E-state index contributed by atoms with van der Waals surface area (Å²) in [7, 11) is 0. The van der Waals surface area contributed by atoms with Gasteiger partial charge in [-0.05, 0) is 44.9 Å². The van der Waals surface area contributed by atoms with E-state index >= 15 is 0 Å². The average molecular weight is 369 g/mol. The monoisotopic (exact) mass is 368 g/mol. The first-order valence-electron chi connectivity index (χ1n) is 10.7. The number of carbonyl (C=O) groups excluding carboxylic acids is 1. The lowest BCUT2D eigenvalue weighted by Gasteiger charge is -2.16. The summed E-state index contributed by atoms with van der Waals surface area (Å²) in [4.78, 5) is 22.8. The third-order valence-corrected chi connectivity index (χ3v) is 4.47. The normalized spacial score (nSPS) is 12.4. The predicted molar refractivity (Wildman–Crippen MR) is 107 cm³/mol. The van der Waals surface area contributed by atoms with Crippen LogP contribution in [0.5, 0.6) is 0 Å². The quantitative estimate of drug-likeness (QED) is 0.172. The third-order valence-electron chi connectivity index (χ3n) is 4.47. The molecule has 0 radical (unpaired) electrons. The highest BCUT2D eigenvalue weighted by atomic mass is 16.5. The smallest absolute Gasteiger partial charge is 0.307 e. The number of esters is 1. The Morgan fingerprint density at radius 3 is 2.00 bits per heavy atom. The van der Waals surface area contributed by atoms with E-state index in [1.807, 2.05) is 0 Å². The van der Waals surface area contributed by atoms with Crippen molar-refractivity contribution < 1.29 is 19.4 Å². The van der Waals surface area contributed by atoms with Crippen LogP contribution in [0.15, 0.2) is 12.2 Å². The third kappa shape index (κ3) is 17.5. The molecule has 0 aromatic carbocycles. The summed E-state index contributed by atoms with van der Waals surface area (Å²) in [6.07, 6.45) is 18.4. The van der Waals surface area contributed by atoms with E-state index in [-0.39, 0.29) is 12.4 Å². The van der Waals surface area contributed by atoms with Crippen LogP contribution < -0.4 is 0 Å². The standard InChI is InChI=1S/C22H40O4/c1-3-5-7-8-9-10-11-12-13-14-16-18-22(25)26-20(19-21(23)24)17-15-6-4-2/h10-11,20H,3-9,12-19H2,1-2H3,(H,23,24)/b11-10-. The zero-order chi connectivity index (χ0) is 19.5. The van der Waals surface area contributed by atoms with E-state index in [0.717, 1.165) is 44.9 Å². The van der Waals surface area contributed by atoms with E-state index in [1.54, 1.807) is 0 Å². The van der Waals surface area contributed by atoms with Crippen molar-refractivity contribution in [2.75, 3.05) is 0 Å². The van der Waals surface area contributed by atoms with Gasteiger partial charge in [-0.1, -0.05) is 64.5 Å². The summed E-state index contributed by atoms with van der Waals surface area (Å²) < 4.78 is 5.37. The van der Waals surface area contributed by atoms with E-state index in [0.29, 0.717) is 12.8 Å². The average Bonchev–Trinajstić information content (AvgIpc) is 2.59. The second-order valence-corrected chi connectivity index (χ2v) is 7.13. The largest absolute Gasteiger partial charge is 0.481 e. The van der Waals surface area contributed by atoms with Gasteiger partial charge in [0.05, 0.1) is 6.42 Å². The van der Waals surface area contributed by atoms with Gasteiger partial charge in [-0.3, -0.25) is 9.59 Å². The number of hydrogen-bond acceptors (Lipinski definition) is 3. The predicted octanol–water partition coefficient (Wildman–Crippen LogP) is 6.43. The fourth-order valence-corrected chi connectivity index (χ4v) is 2.90. The SMILES string of the molecule is CCCCCC/C=C\CCCCCC(=O)OC(CCCCC)CC(=O)O. The number of ether oxygens (including phenoxy) is 1. The van der Waals surface area contributed by atoms with E-state index in [9.17, 15) is 9.59 Å². The number of allylic oxidation sites excluding steroid dienone is 2. The van der Waals surface area contributed by atoms with Crippen LogP contribution in [0.25, 0.3) is 0 Å². The molecule has 0 aliphatic rings. The summed E-state index contributed by atoms with van der Waals surface area (Å²) >= 11 is 0. The van der Waals surface area contributed by atoms with Crippen LogP contribution in [0.2, 0.25) is 0 Å². The van der Waals surface area contributed by atoms with Gasteiger partial charge in [-0.2, -0.15) is 0 Å². The lowest BCUT2D eigenvalue weighted by molar-refractivity contribution is -0.153. The molecule has 1 unspecified atom stereocenters. The first kappa shape index (κ1) is 24.7. The van der Waals surface area contributed by atoms with Crippen molar-refractivity contribution in [1.82, 2.24) is 0 Å². The Bertz CT molecular complexity index is 376. The van der Waals surface area contributed by atoms with Crippen LogP contribution in [0.3, 0.4) is 0 Å². The number of carbonyl (C=O) groups is 2. The Kier molecular flexibility index (Phi) is 17.5. The van der Waals surface area contributed by atoms with Crippen molar-refractivity contribution in [2.45, 2.75) is 116 Å². The van der Waals surface area contributed by atoms with Crippen LogP contribution in [0.1, 0.15) is 110 Å². The molecule has 0 heterocycles.